The number of fused-ring (bicyclic) bond motifs is 2. The molecule has 2 spiro atoms. The number of ether oxygens (including phenoxy) is 2. The summed E-state index contributed by atoms with van der Waals surface area (Å²) in [5.41, 5.74) is -0.518. The molecule has 0 radical (unpaired) electrons. The van der Waals surface area contributed by atoms with Crippen LogP contribution in [0.3, 0.4) is 0 Å². The highest BCUT2D eigenvalue weighted by atomic mass is 16.6. The summed E-state index contributed by atoms with van der Waals surface area (Å²) in [4.78, 5) is 24.7. The van der Waals surface area contributed by atoms with E-state index in [-0.39, 0.29) is 39.5 Å². The van der Waals surface area contributed by atoms with Crippen molar-refractivity contribution in [3.8, 4) is 0 Å². The van der Waals surface area contributed by atoms with Crippen molar-refractivity contribution in [2.75, 3.05) is 0 Å². The zero-order valence-electron chi connectivity index (χ0n) is 22.3. The molecule has 0 aromatic rings. The van der Waals surface area contributed by atoms with Gasteiger partial charge >= 0.3 is 11.9 Å². The standard InChI is InChI=1S/C30H42O5/c1-18-7-10-22(34-24(18)32)28(6,33)20-11-13-26(4)21-9-8-19-25(2,3)35-23(31)12-14-29(19)17-30(21,29)16-15-27(20,26)5/h7,12,14,19-22,33H,8-11,13,15-17H2,1-6H3/t19?,20-,21?,22+,26-,27+,28+,29+,30-/m0/s1. The summed E-state index contributed by atoms with van der Waals surface area (Å²) in [5, 5.41) is 12.0. The Morgan fingerprint density at radius 1 is 1.00 bits per heavy atom. The van der Waals surface area contributed by atoms with E-state index in [2.05, 4.69) is 33.8 Å². The molecule has 2 aliphatic heterocycles. The zero-order valence-corrected chi connectivity index (χ0v) is 22.3. The zero-order chi connectivity index (χ0) is 25.2. The van der Waals surface area contributed by atoms with Crippen LogP contribution >= 0.6 is 0 Å². The van der Waals surface area contributed by atoms with Crippen LogP contribution in [-0.2, 0) is 19.1 Å². The van der Waals surface area contributed by atoms with Crippen molar-refractivity contribution < 1.29 is 24.2 Å². The lowest BCUT2D eigenvalue weighted by Crippen LogP contribution is -2.60. The second-order valence-corrected chi connectivity index (χ2v) is 14.1. The number of carbonyl (C=O) groups is 2. The highest BCUT2D eigenvalue weighted by Crippen LogP contribution is 2.87. The van der Waals surface area contributed by atoms with E-state index in [1.165, 1.54) is 0 Å². The normalized spacial score (nSPS) is 51.3. The summed E-state index contributed by atoms with van der Waals surface area (Å²) in [5.74, 6) is 0.509. The Kier molecular flexibility index (Phi) is 4.63. The first kappa shape index (κ1) is 23.8. The van der Waals surface area contributed by atoms with Gasteiger partial charge in [-0.25, -0.2) is 9.59 Å². The number of cyclic esters (lactones) is 2. The first-order chi connectivity index (χ1) is 16.2. The van der Waals surface area contributed by atoms with Gasteiger partial charge in [-0.15, -0.1) is 0 Å². The van der Waals surface area contributed by atoms with Crippen LogP contribution in [0.15, 0.2) is 23.8 Å². The molecule has 0 saturated heterocycles. The molecule has 0 aromatic heterocycles. The highest BCUT2D eigenvalue weighted by Gasteiger charge is 2.82. The van der Waals surface area contributed by atoms with Gasteiger partial charge in [0.15, 0.2) is 0 Å². The maximum absolute atomic E-state index is 12.4. The largest absolute Gasteiger partial charge is 0.456 e. The van der Waals surface area contributed by atoms with Crippen molar-refractivity contribution in [1.29, 1.82) is 0 Å². The minimum atomic E-state index is -1.06. The summed E-state index contributed by atoms with van der Waals surface area (Å²) >= 11 is 0. The predicted octanol–water partition coefficient (Wildman–Crippen LogP) is 5.51. The van der Waals surface area contributed by atoms with E-state index in [0.29, 0.717) is 23.8 Å². The van der Waals surface area contributed by atoms with Gasteiger partial charge in [-0.3, -0.25) is 0 Å². The molecule has 4 aliphatic carbocycles. The number of rotatable bonds is 2. The summed E-state index contributed by atoms with van der Waals surface area (Å²) in [7, 11) is 0. The molecule has 5 nitrogen and oxygen atoms in total. The fraction of sp³-hybridized carbons (Fsp3) is 0.800. The molecular formula is C30H42O5. The summed E-state index contributed by atoms with van der Waals surface area (Å²) in [6.07, 6.45) is 13.6. The lowest BCUT2D eigenvalue weighted by atomic mass is 9.43. The van der Waals surface area contributed by atoms with Crippen LogP contribution in [0.4, 0.5) is 0 Å². The van der Waals surface area contributed by atoms with Crippen LogP contribution in [0.1, 0.15) is 92.9 Å². The molecule has 9 atom stereocenters. The summed E-state index contributed by atoms with van der Waals surface area (Å²) in [6.45, 7) is 12.8. The van der Waals surface area contributed by atoms with E-state index >= 15 is 0 Å². The molecule has 6 aliphatic rings. The van der Waals surface area contributed by atoms with E-state index in [1.807, 2.05) is 13.0 Å². The van der Waals surface area contributed by atoms with Crippen molar-refractivity contribution in [3.63, 3.8) is 0 Å². The molecule has 1 N–H and O–H groups in total. The Hall–Kier alpha value is -1.62. The molecule has 192 valence electrons. The van der Waals surface area contributed by atoms with E-state index < -0.39 is 17.3 Å². The number of hydrogen-bond donors (Lipinski definition) is 1. The quantitative estimate of drug-likeness (QED) is 0.526. The molecule has 0 bridgehead atoms. The smallest absolute Gasteiger partial charge is 0.333 e. The van der Waals surface area contributed by atoms with E-state index in [4.69, 9.17) is 9.47 Å². The Balaban J connectivity index is 1.34. The molecule has 6 rings (SSSR count). The van der Waals surface area contributed by atoms with E-state index in [1.54, 1.807) is 13.0 Å². The molecule has 4 saturated carbocycles. The van der Waals surface area contributed by atoms with Crippen molar-refractivity contribution >= 4 is 11.9 Å². The number of allylic oxidation sites excluding steroid dienone is 1. The molecule has 35 heavy (non-hydrogen) atoms. The summed E-state index contributed by atoms with van der Waals surface area (Å²) in [6, 6.07) is 0. The molecule has 0 amide bonds. The minimum absolute atomic E-state index is 0.0259. The van der Waals surface area contributed by atoms with Crippen LogP contribution < -0.4 is 0 Å². The monoisotopic (exact) mass is 482 g/mol. The van der Waals surface area contributed by atoms with Gasteiger partial charge in [0.2, 0.25) is 0 Å². The van der Waals surface area contributed by atoms with Gasteiger partial charge in [-0.1, -0.05) is 26.0 Å². The lowest BCUT2D eigenvalue weighted by Gasteiger charge is -2.62. The third kappa shape index (κ3) is 2.74. The van der Waals surface area contributed by atoms with Gasteiger partial charge in [0.05, 0.1) is 0 Å². The molecule has 2 heterocycles. The average molecular weight is 483 g/mol. The number of hydrogen-bond acceptors (Lipinski definition) is 5. The Labute approximate surface area is 209 Å². The van der Waals surface area contributed by atoms with Crippen molar-refractivity contribution in [2.24, 2.45) is 39.4 Å². The van der Waals surface area contributed by atoms with Gasteiger partial charge in [0.1, 0.15) is 17.3 Å². The van der Waals surface area contributed by atoms with Crippen molar-refractivity contribution in [2.45, 2.75) is 110 Å². The van der Waals surface area contributed by atoms with E-state index in [0.717, 1.165) is 44.9 Å². The van der Waals surface area contributed by atoms with Crippen molar-refractivity contribution in [1.82, 2.24) is 0 Å². The van der Waals surface area contributed by atoms with Crippen LogP contribution in [0, 0.1) is 39.4 Å². The summed E-state index contributed by atoms with van der Waals surface area (Å²) < 4.78 is 11.7. The predicted molar refractivity (Wildman–Crippen MR) is 132 cm³/mol. The Morgan fingerprint density at radius 3 is 2.43 bits per heavy atom. The number of aliphatic hydroxyl groups is 1. The van der Waals surface area contributed by atoms with Gasteiger partial charge in [-0.2, -0.15) is 0 Å². The van der Waals surface area contributed by atoms with Crippen LogP contribution in [0.25, 0.3) is 0 Å². The molecule has 2 unspecified atom stereocenters. The third-order valence-electron chi connectivity index (χ3n) is 12.6. The first-order valence-corrected chi connectivity index (χ1v) is 13.8. The SMILES string of the molecule is CC1=CC[C@H]([C@](C)(O)[C@H]2CC[C@@]3(C)C4CCC5C(C)(C)OC(=O)C=C[C@@]56C[C@@]46CC[C@]23C)OC1=O. The number of esters is 2. The van der Waals surface area contributed by atoms with Crippen LogP contribution in [0.5, 0.6) is 0 Å². The maximum Gasteiger partial charge on any atom is 0.333 e. The van der Waals surface area contributed by atoms with Crippen LogP contribution in [0.2, 0.25) is 0 Å². The fourth-order valence-electron chi connectivity index (χ4n) is 10.7. The Bertz CT molecular complexity index is 1050. The third-order valence-corrected chi connectivity index (χ3v) is 12.6. The molecule has 4 fully saturated rings. The maximum atomic E-state index is 12.4. The Morgan fingerprint density at radius 2 is 1.71 bits per heavy atom. The molecule has 0 aromatic carbocycles. The van der Waals surface area contributed by atoms with Crippen molar-refractivity contribution in [3.05, 3.63) is 23.8 Å². The minimum Gasteiger partial charge on any atom is -0.456 e. The second-order valence-electron chi connectivity index (χ2n) is 14.1. The van der Waals surface area contributed by atoms with Gasteiger partial charge in [0, 0.05) is 29.4 Å². The van der Waals surface area contributed by atoms with Gasteiger partial charge < -0.3 is 14.6 Å². The van der Waals surface area contributed by atoms with Gasteiger partial charge in [0.25, 0.3) is 0 Å². The second kappa shape index (κ2) is 6.82. The number of carbonyl (C=O) groups excluding carboxylic acids is 2. The van der Waals surface area contributed by atoms with Gasteiger partial charge in [-0.05, 0) is 101 Å². The molecular weight excluding hydrogens is 440 g/mol. The van der Waals surface area contributed by atoms with Crippen LogP contribution in [-0.4, -0.2) is 34.4 Å². The topological polar surface area (TPSA) is 72.8 Å². The molecule has 5 heteroatoms. The fourth-order valence-corrected chi connectivity index (χ4v) is 10.7. The average Bonchev–Trinajstić information content (AvgIpc) is 3.38. The first-order valence-electron chi connectivity index (χ1n) is 13.8. The highest BCUT2D eigenvalue weighted by molar-refractivity contribution is 5.88. The van der Waals surface area contributed by atoms with E-state index in [9.17, 15) is 14.7 Å². The lowest BCUT2D eigenvalue weighted by molar-refractivity contribution is -0.195.